The Kier molecular flexibility index (Phi) is 3.52. The molecule has 1 aromatic heterocycles. The van der Waals surface area contributed by atoms with Crippen LogP contribution in [0.2, 0.25) is 0 Å². The first kappa shape index (κ1) is 14.2. The molecule has 1 aliphatic rings. The first-order valence-corrected chi connectivity index (χ1v) is 7.41. The Morgan fingerprint density at radius 1 is 1.43 bits per heavy atom. The predicted octanol–water partition coefficient (Wildman–Crippen LogP) is 1.67. The second-order valence-corrected chi connectivity index (χ2v) is 6.06. The lowest BCUT2D eigenvalue weighted by Crippen LogP contribution is -2.32. The van der Waals surface area contributed by atoms with Crippen molar-refractivity contribution in [2.45, 2.75) is 10.5 Å². The van der Waals surface area contributed by atoms with E-state index in [-0.39, 0.29) is 15.3 Å². The summed E-state index contributed by atoms with van der Waals surface area (Å²) in [6, 6.07) is 2.08. The highest BCUT2D eigenvalue weighted by atomic mass is 127. The number of aromatic nitrogens is 1. The van der Waals surface area contributed by atoms with Gasteiger partial charge in [0.2, 0.25) is 5.78 Å². The fourth-order valence-electron chi connectivity index (χ4n) is 2.24. The Hall–Kier alpha value is -1.77. The van der Waals surface area contributed by atoms with Gasteiger partial charge >= 0.3 is 0 Å². The van der Waals surface area contributed by atoms with Gasteiger partial charge in [-0.1, -0.05) is 28.7 Å². The van der Waals surface area contributed by atoms with Crippen LogP contribution in [0.3, 0.4) is 0 Å². The molecule has 1 aromatic carbocycles. The van der Waals surface area contributed by atoms with Crippen molar-refractivity contribution in [2.75, 3.05) is 5.73 Å². The number of carbonyl (C=O) groups excluding carboxylic acids is 1. The van der Waals surface area contributed by atoms with E-state index in [2.05, 4.69) is 32.6 Å². The number of carbonyl (C=O) groups is 1. The zero-order valence-corrected chi connectivity index (χ0v) is 12.8. The Balaban J connectivity index is 2.19. The number of hydrogen-bond acceptors (Lipinski definition) is 3. The number of nitrogen functional groups attached to an aromatic ring is 1. The molecule has 2 aromatic rings. The zero-order chi connectivity index (χ0) is 15.1. The van der Waals surface area contributed by atoms with Gasteiger partial charge in [-0.3, -0.25) is 9.79 Å². The van der Waals surface area contributed by atoms with Crippen LogP contribution in [0.1, 0.15) is 22.3 Å². The van der Waals surface area contributed by atoms with Gasteiger partial charge in [-0.25, -0.2) is 8.78 Å². The molecule has 0 radical (unpaired) electrons. The van der Waals surface area contributed by atoms with E-state index in [1.54, 1.807) is 0 Å². The van der Waals surface area contributed by atoms with Crippen LogP contribution in [0.25, 0.3) is 6.08 Å². The van der Waals surface area contributed by atoms with Crippen molar-refractivity contribution in [3.63, 3.8) is 0 Å². The van der Waals surface area contributed by atoms with Gasteiger partial charge < -0.3 is 10.7 Å². The number of nitrogens with one attached hydrogen (secondary N) is 1. The highest BCUT2D eigenvalue weighted by molar-refractivity contribution is 14.1. The molecule has 0 spiro atoms. The van der Waals surface area contributed by atoms with Crippen molar-refractivity contribution in [3.8, 4) is 0 Å². The lowest BCUT2D eigenvalue weighted by atomic mass is 10.0. The molecule has 3 rings (SSSR count). The number of rotatable bonds is 2. The summed E-state index contributed by atoms with van der Waals surface area (Å²) in [5.41, 5.74) is 5.26. The number of benzene rings is 1. The molecule has 3 N–H and O–H groups in total. The van der Waals surface area contributed by atoms with Crippen LogP contribution >= 0.6 is 22.6 Å². The van der Waals surface area contributed by atoms with Gasteiger partial charge in [0, 0.05) is 17.0 Å². The molecule has 0 bridgehead atoms. The summed E-state index contributed by atoms with van der Waals surface area (Å²) in [5, 5.41) is 0.578. The van der Waals surface area contributed by atoms with E-state index in [1.165, 1.54) is 6.20 Å². The van der Waals surface area contributed by atoms with Gasteiger partial charge in [0.1, 0.15) is 15.4 Å². The van der Waals surface area contributed by atoms with Gasteiger partial charge in [-0.05, 0) is 18.6 Å². The molecule has 1 aliphatic heterocycles. The summed E-state index contributed by atoms with van der Waals surface area (Å²) in [7, 11) is 0. The highest BCUT2D eigenvalue weighted by Crippen LogP contribution is 2.21. The summed E-state index contributed by atoms with van der Waals surface area (Å²) in [6.07, 6.45) is 3.92. The molecular formula is C14H10F2IN3O. The smallest absolute Gasteiger partial charge is 0.201 e. The van der Waals surface area contributed by atoms with Crippen LogP contribution in [0.4, 0.5) is 14.5 Å². The first-order chi connectivity index (χ1) is 9.99. The number of nitrogens with two attached hydrogens (primary N) is 1. The number of nitrogens with zero attached hydrogens (tertiary/aromatic N) is 1. The lowest BCUT2D eigenvalue weighted by Gasteiger charge is -2.06. The second kappa shape index (κ2) is 5.21. The minimum absolute atomic E-state index is 0.0811. The van der Waals surface area contributed by atoms with E-state index in [0.717, 1.165) is 12.1 Å². The van der Waals surface area contributed by atoms with Crippen molar-refractivity contribution in [2.24, 2.45) is 4.99 Å². The Bertz CT molecular complexity index is 860. The van der Waals surface area contributed by atoms with Crippen LogP contribution in [0, 0.1) is 11.6 Å². The van der Waals surface area contributed by atoms with Crippen LogP contribution in [0.15, 0.2) is 23.3 Å². The molecule has 2 heterocycles. The minimum Gasteiger partial charge on any atom is -0.396 e. The number of aromatic amines is 1. The summed E-state index contributed by atoms with van der Waals surface area (Å²) < 4.78 is 27.9. The third kappa shape index (κ3) is 2.35. The van der Waals surface area contributed by atoms with Crippen LogP contribution in [-0.2, 0) is 0 Å². The molecule has 0 fully saturated rings. The molecule has 108 valence electrons. The van der Waals surface area contributed by atoms with Gasteiger partial charge in [0.25, 0.3) is 0 Å². The van der Waals surface area contributed by atoms with Crippen LogP contribution < -0.4 is 16.4 Å². The quantitative estimate of drug-likeness (QED) is 0.264. The second-order valence-electron chi connectivity index (χ2n) is 4.62. The molecule has 1 atom stereocenters. The summed E-state index contributed by atoms with van der Waals surface area (Å²) in [6.45, 7) is 0. The fourth-order valence-corrected chi connectivity index (χ4v) is 2.78. The minimum atomic E-state index is -1.03. The molecule has 0 saturated carbocycles. The number of ketones is 1. The molecule has 21 heavy (non-hydrogen) atoms. The predicted molar refractivity (Wildman–Crippen MR) is 82.7 cm³/mol. The molecule has 0 amide bonds. The lowest BCUT2D eigenvalue weighted by molar-refractivity contribution is 0.103. The van der Waals surface area contributed by atoms with E-state index in [9.17, 15) is 13.6 Å². The number of anilines is 1. The van der Waals surface area contributed by atoms with E-state index in [4.69, 9.17) is 5.73 Å². The topological polar surface area (TPSA) is 71.2 Å². The van der Waals surface area contributed by atoms with E-state index in [0.29, 0.717) is 17.1 Å². The number of fused-ring (bicyclic) bond motifs is 1. The highest BCUT2D eigenvalue weighted by Gasteiger charge is 2.23. The van der Waals surface area contributed by atoms with Crippen molar-refractivity contribution in [3.05, 3.63) is 51.8 Å². The molecule has 4 nitrogen and oxygen atoms in total. The summed E-state index contributed by atoms with van der Waals surface area (Å²) in [4.78, 5) is 19.6. The maximum absolute atomic E-state index is 14.0. The average Bonchev–Trinajstić information content (AvgIpc) is 2.86. The molecular weight excluding hydrogens is 391 g/mol. The first-order valence-electron chi connectivity index (χ1n) is 6.16. The number of H-pyrrole nitrogens is 1. The standard InChI is InChI=1S/C14H10F2IN3O/c15-8-2-3-9(18)12(16)11(8)13(21)7-5-19-14-6(7)1-4-10(17)20-14/h1-3,5,10H,4,18H2,(H,19,20). The molecule has 0 aliphatic carbocycles. The number of alkyl halides is 1. The van der Waals surface area contributed by atoms with Crippen molar-refractivity contribution >= 4 is 40.1 Å². The monoisotopic (exact) mass is 401 g/mol. The van der Waals surface area contributed by atoms with Gasteiger partial charge in [-0.15, -0.1) is 0 Å². The van der Waals surface area contributed by atoms with E-state index >= 15 is 0 Å². The number of halogens is 3. The maximum atomic E-state index is 14.0. The van der Waals surface area contributed by atoms with Gasteiger partial charge in [0.05, 0.1) is 11.3 Å². The zero-order valence-electron chi connectivity index (χ0n) is 10.7. The normalized spacial score (nSPS) is 16.8. The van der Waals surface area contributed by atoms with E-state index in [1.807, 2.05) is 6.08 Å². The van der Waals surface area contributed by atoms with Crippen molar-refractivity contribution in [1.29, 1.82) is 0 Å². The summed E-state index contributed by atoms with van der Waals surface area (Å²) in [5.74, 6) is -2.70. The Labute approximate surface area is 131 Å². The largest absolute Gasteiger partial charge is 0.396 e. The fraction of sp³-hybridized carbons (Fsp3) is 0.143. The van der Waals surface area contributed by atoms with Crippen LogP contribution in [-0.4, -0.2) is 14.8 Å². The Morgan fingerprint density at radius 3 is 2.95 bits per heavy atom. The molecule has 1 unspecified atom stereocenters. The molecule has 7 heteroatoms. The van der Waals surface area contributed by atoms with Crippen LogP contribution in [0.5, 0.6) is 0 Å². The van der Waals surface area contributed by atoms with Crippen molar-refractivity contribution in [1.82, 2.24) is 4.98 Å². The van der Waals surface area contributed by atoms with Gasteiger partial charge in [-0.2, -0.15) is 0 Å². The average molecular weight is 401 g/mol. The number of hydrogen-bond donors (Lipinski definition) is 2. The van der Waals surface area contributed by atoms with E-state index < -0.39 is 23.0 Å². The van der Waals surface area contributed by atoms with Gasteiger partial charge in [0.15, 0.2) is 5.82 Å². The van der Waals surface area contributed by atoms with Crippen molar-refractivity contribution < 1.29 is 13.6 Å². The molecule has 0 saturated heterocycles. The summed E-state index contributed by atoms with van der Waals surface area (Å²) >= 11 is 2.17. The third-order valence-corrected chi connectivity index (χ3v) is 4.06. The maximum Gasteiger partial charge on any atom is 0.201 e. The SMILES string of the molecule is Nc1ccc(F)c(C(=O)c2c[nH]c3c2=CCC(I)N=3)c1F. The third-order valence-electron chi connectivity index (χ3n) is 3.28. The Morgan fingerprint density at radius 2 is 2.19 bits per heavy atom.